The zero-order valence-electron chi connectivity index (χ0n) is 12.5. The number of nitrogens with one attached hydrogen (secondary N) is 1. The molecule has 1 aromatic rings. The van der Waals surface area contributed by atoms with Crippen LogP contribution in [0.4, 0.5) is 0 Å². The molecule has 4 heteroatoms. The second kappa shape index (κ2) is 6.82. The molecule has 1 saturated heterocycles. The second-order valence-corrected chi connectivity index (χ2v) is 6.94. The van der Waals surface area contributed by atoms with Crippen LogP contribution in [0.1, 0.15) is 42.3 Å². The van der Waals surface area contributed by atoms with Crippen molar-refractivity contribution in [2.45, 2.75) is 59.1 Å². The summed E-state index contributed by atoms with van der Waals surface area (Å²) in [5, 5.41) is 4.96. The summed E-state index contributed by atoms with van der Waals surface area (Å²) in [4.78, 5) is 6.03. The average molecular weight is 282 g/mol. The highest BCUT2D eigenvalue weighted by Crippen LogP contribution is 2.26. The Bertz CT molecular complexity index is 385. The lowest BCUT2D eigenvalue weighted by molar-refractivity contribution is 0.117. The van der Waals surface area contributed by atoms with Gasteiger partial charge in [-0.1, -0.05) is 6.92 Å². The van der Waals surface area contributed by atoms with E-state index in [1.54, 1.807) is 0 Å². The maximum Gasteiger partial charge on any atom is 0.0946 e. The van der Waals surface area contributed by atoms with E-state index in [1.807, 2.05) is 11.3 Å². The van der Waals surface area contributed by atoms with Crippen LogP contribution in [0.2, 0.25) is 0 Å². The van der Waals surface area contributed by atoms with E-state index in [-0.39, 0.29) is 0 Å². The molecule has 19 heavy (non-hydrogen) atoms. The van der Waals surface area contributed by atoms with Crippen LogP contribution in [0.5, 0.6) is 0 Å². The molecule has 0 amide bonds. The first-order valence-corrected chi connectivity index (χ1v) is 8.19. The van der Waals surface area contributed by atoms with Gasteiger partial charge in [0.2, 0.25) is 0 Å². The molecule has 1 fully saturated rings. The van der Waals surface area contributed by atoms with Crippen LogP contribution in [-0.2, 0) is 11.2 Å². The van der Waals surface area contributed by atoms with Gasteiger partial charge in [-0.05, 0) is 40.2 Å². The van der Waals surface area contributed by atoms with Crippen LogP contribution in [-0.4, -0.2) is 30.3 Å². The number of aromatic nitrogens is 1. The molecular weight excluding hydrogens is 256 g/mol. The van der Waals surface area contributed by atoms with Crippen molar-refractivity contribution in [3.8, 4) is 0 Å². The van der Waals surface area contributed by atoms with Crippen LogP contribution < -0.4 is 5.32 Å². The quantitative estimate of drug-likeness (QED) is 0.870. The van der Waals surface area contributed by atoms with Crippen LogP contribution in [0.15, 0.2) is 0 Å². The summed E-state index contributed by atoms with van der Waals surface area (Å²) < 4.78 is 5.74. The molecule has 1 aromatic heterocycles. The Hall–Kier alpha value is -0.450. The number of ether oxygens (including phenoxy) is 1. The molecular formula is C15H26N2OS. The third-order valence-corrected chi connectivity index (χ3v) is 5.02. The van der Waals surface area contributed by atoms with E-state index in [0.29, 0.717) is 18.1 Å². The van der Waals surface area contributed by atoms with Crippen molar-refractivity contribution < 1.29 is 4.74 Å². The summed E-state index contributed by atoms with van der Waals surface area (Å²) in [6, 6.07) is 0.509. The summed E-state index contributed by atoms with van der Waals surface area (Å²) in [7, 11) is 0. The lowest BCUT2D eigenvalue weighted by atomic mass is 9.94. The number of aryl methyl sites for hydroxylation is 2. The third-order valence-electron chi connectivity index (χ3n) is 3.92. The van der Waals surface area contributed by atoms with E-state index in [0.717, 1.165) is 19.6 Å². The van der Waals surface area contributed by atoms with Crippen molar-refractivity contribution in [3.05, 3.63) is 15.6 Å². The normalized spacial score (nSPS) is 24.8. The summed E-state index contributed by atoms with van der Waals surface area (Å²) >= 11 is 1.84. The van der Waals surface area contributed by atoms with Gasteiger partial charge in [-0.25, -0.2) is 4.98 Å². The molecule has 3 unspecified atom stereocenters. The lowest BCUT2D eigenvalue weighted by Gasteiger charge is -2.23. The van der Waals surface area contributed by atoms with Crippen molar-refractivity contribution in [2.24, 2.45) is 5.92 Å². The van der Waals surface area contributed by atoms with Gasteiger partial charge in [-0.2, -0.15) is 0 Å². The van der Waals surface area contributed by atoms with Crippen molar-refractivity contribution in [1.82, 2.24) is 10.3 Å². The molecule has 0 saturated carbocycles. The van der Waals surface area contributed by atoms with Crippen LogP contribution in [0.25, 0.3) is 0 Å². The first-order chi connectivity index (χ1) is 9.10. The minimum absolute atomic E-state index is 0.413. The fraction of sp³-hybridized carbons (Fsp3) is 0.800. The van der Waals surface area contributed by atoms with Crippen molar-refractivity contribution >= 4 is 11.3 Å². The highest BCUT2D eigenvalue weighted by molar-refractivity contribution is 7.11. The zero-order valence-corrected chi connectivity index (χ0v) is 13.3. The molecule has 1 aliphatic heterocycles. The maximum atomic E-state index is 5.74. The van der Waals surface area contributed by atoms with Gasteiger partial charge >= 0.3 is 0 Å². The summed E-state index contributed by atoms with van der Waals surface area (Å²) in [6.45, 7) is 10.6. The Morgan fingerprint density at radius 2 is 2.26 bits per heavy atom. The molecule has 3 nitrogen and oxygen atoms in total. The van der Waals surface area contributed by atoms with Gasteiger partial charge < -0.3 is 10.1 Å². The second-order valence-electron chi connectivity index (χ2n) is 5.65. The Morgan fingerprint density at radius 1 is 1.47 bits per heavy atom. The molecule has 1 aliphatic rings. The van der Waals surface area contributed by atoms with Crippen molar-refractivity contribution in [3.63, 3.8) is 0 Å². The monoisotopic (exact) mass is 282 g/mol. The highest BCUT2D eigenvalue weighted by Gasteiger charge is 2.30. The van der Waals surface area contributed by atoms with Crippen LogP contribution in [0.3, 0.4) is 0 Å². The molecule has 3 atom stereocenters. The number of thiazole rings is 1. The zero-order chi connectivity index (χ0) is 13.8. The van der Waals surface area contributed by atoms with Gasteiger partial charge in [-0.3, -0.25) is 0 Å². The number of hydrogen-bond donors (Lipinski definition) is 1. The van der Waals surface area contributed by atoms with Crippen molar-refractivity contribution in [1.29, 1.82) is 0 Å². The highest BCUT2D eigenvalue weighted by atomic mass is 32.1. The van der Waals surface area contributed by atoms with Gasteiger partial charge in [0.1, 0.15) is 0 Å². The van der Waals surface area contributed by atoms with E-state index < -0.39 is 0 Å². The van der Waals surface area contributed by atoms with Gasteiger partial charge in [0.25, 0.3) is 0 Å². The van der Waals surface area contributed by atoms with E-state index in [4.69, 9.17) is 4.74 Å². The fourth-order valence-electron chi connectivity index (χ4n) is 2.68. The van der Waals surface area contributed by atoms with Gasteiger partial charge in [0, 0.05) is 23.3 Å². The summed E-state index contributed by atoms with van der Waals surface area (Å²) in [6.07, 6.45) is 3.80. The minimum atomic E-state index is 0.413. The molecule has 0 radical (unpaired) electrons. The Kier molecular flexibility index (Phi) is 5.37. The Morgan fingerprint density at radius 3 is 2.79 bits per heavy atom. The predicted octanol–water partition coefficient (Wildman–Crippen LogP) is 3.10. The molecule has 2 rings (SSSR count). The van der Waals surface area contributed by atoms with Crippen LogP contribution in [0, 0.1) is 19.8 Å². The Labute approximate surface area is 120 Å². The third kappa shape index (κ3) is 4.01. The van der Waals surface area contributed by atoms with Gasteiger partial charge in [0.05, 0.1) is 23.4 Å². The Balaban J connectivity index is 2.00. The largest absolute Gasteiger partial charge is 0.378 e. The smallest absolute Gasteiger partial charge is 0.0946 e. The predicted molar refractivity (Wildman–Crippen MR) is 80.9 cm³/mol. The fourth-order valence-corrected chi connectivity index (χ4v) is 3.67. The number of hydrogen-bond acceptors (Lipinski definition) is 4. The van der Waals surface area contributed by atoms with E-state index >= 15 is 0 Å². The molecule has 108 valence electrons. The SMILES string of the molecule is CCCNC(Cc1nc(C)c(C)s1)C1COC(C)C1. The maximum absolute atomic E-state index is 5.74. The summed E-state index contributed by atoms with van der Waals surface area (Å²) in [5.41, 5.74) is 1.19. The molecule has 0 aromatic carbocycles. The first-order valence-electron chi connectivity index (χ1n) is 7.38. The van der Waals surface area contributed by atoms with Crippen LogP contribution >= 0.6 is 11.3 Å². The topological polar surface area (TPSA) is 34.2 Å². The number of rotatable bonds is 6. The van der Waals surface area contributed by atoms with Crippen molar-refractivity contribution in [2.75, 3.05) is 13.2 Å². The molecule has 2 heterocycles. The lowest BCUT2D eigenvalue weighted by Crippen LogP contribution is -2.39. The average Bonchev–Trinajstić information content (AvgIpc) is 2.92. The first kappa shape index (κ1) is 14.9. The van der Waals surface area contributed by atoms with E-state index in [2.05, 4.69) is 38.0 Å². The molecule has 1 N–H and O–H groups in total. The van der Waals surface area contributed by atoms with Gasteiger partial charge in [-0.15, -0.1) is 11.3 Å². The minimum Gasteiger partial charge on any atom is -0.378 e. The molecule has 0 bridgehead atoms. The molecule has 0 spiro atoms. The van der Waals surface area contributed by atoms with E-state index in [9.17, 15) is 0 Å². The summed E-state index contributed by atoms with van der Waals surface area (Å²) in [5.74, 6) is 0.631. The standard InChI is InChI=1S/C15H26N2OS/c1-5-6-16-14(13-7-10(2)18-9-13)8-15-17-11(3)12(4)19-15/h10,13-14,16H,5-9H2,1-4H3. The number of nitrogens with zero attached hydrogens (tertiary/aromatic N) is 1. The van der Waals surface area contributed by atoms with Gasteiger partial charge in [0.15, 0.2) is 0 Å². The van der Waals surface area contributed by atoms with E-state index in [1.165, 1.54) is 28.4 Å². The molecule has 0 aliphatic carbocycles.